The molecular weight excluding hydrogens is 351 g/mol. The lowest BCUT2D eigenvalue weighted by molar-refractivity contribution is 0.213. The van der Waals surface area contributed by atoms with E-state index < -0.39 is 4.33 Å². The third kappa shape index (κ3) is 4.71. The first-order valence-corrected chi connectivity index (χ1v) is 9.96. The van der Waals surface area contributed by atoms with E-state index in [1.807, 2.05) is 29.2 Å². The van der Waals surface area contributed by atoms with Crippen molar-refractivity contribution in [3.05, 3.63) is 24.3 Å². The van der Waals surface area contributed by atoms with Crippen LogP contribution in [0.1, 0.15) is 32.1 Å². The molecule has 1 saturated carbocycles. The van der Waals surface area contributed by atoms with Crippen LogP contribution in [0.4, 0.5) is 10.5 Å². The van der Waals surface area contributed by atoms with Crippen LogP contribution in [0.2, 0.25) is 0 Å². The third-order valence-corrected chi connectivity index (χ3v) is 6.58. The van der Waals surface area contributed by atoms with Gasteiger partial charge in [0.1, 0.15) is 4.33 Å². The van der Waals surface area contributed by atoms with Crippen LogP contribution in [-0.2, 0) is 0 Å². The molecule has 2 fully saturated rings. The van der Waals surface area contributed by atoms with Gasteiger partial charge < -0.3 is 10.2 Å². The predicted molar refractivity (Wildman–Crippen MR) is 98.8 cm³/mol. The van der Waals surface area contributed by atoms with Gasteiger partial charge in [0.25, 0.3) is 0 Å². The smallest absolute Gasteiger partial charge is 0.321 e. The number of nitrogens with one attached hydrogen (secondary N) is 1. The van der Waals surface area contributed by atoms with Gasteiger partial charge in [0.2, 0.25) is 0 Å². The van der Waals surface area contributed by atoms with Gasteiger partial charge in [0, 0.05) is 29.7 Å². The number of carbonyl (C=O) groups excluding carboxylic acids is 1. The molecule has 1 aliphatic carbocycles. The van der Waals surface area contributed by atoms with E-state index in [-0.39, 0.29) is 6.03 Å². The van der Waals surface area contributed by atoms with E-state index in [2.05, 4.69) is 5.32 Å². The van der Waals surface area contributed by atoms with E-state index in [9.17, 15) is 4.79 Å². The Morgan fingerprint density at radius 3 is 2.52 bits per heavy atom. The highest BCUT2D eigenvalue weighted by atomic mass is 35.5. The van der Waals surface area contributed by atoms with E-state index in [1.54, 1.807) is 11.8 Å². The Morgan fingerprint density at radius 1 is 1.22 bits per heavy atom. The van der Waals surface area contributed by atoms with Crippen molar-refractivity contribution in [1.29, 1.82) is 0 Å². The van der Waals surface area contributed by atoms with Crippen molar-refractivity contribution in [2.45, 2.75) is 41.3 Å². The predicted octanol–water partition coefficient (Wildman–Crippen LogP) is 5.38. The van der Waals surface area contributed by atoms with Crippen molar-refractivity contribution in [2.24, 2.45) is 5.92 Å². The van der Waals surface area contributed by atoms with Gasteiger partial charge in [-0.25, -0.2) is 4.79 Å². The highest BCUT2D eigenvalue weighted by Crippen LogP contribution is 2.55. The maximum atomic E-state index is 12.5. The summed E-state index contributed by atoms with van der Waals surface area (Å²) in [6.45, 7) is 1.70. The molecule has 0 radical (unpaired) electrons. The van der Waals surface area contributed by atoms with Crippen LogP contribution in [-0.4, -0.2) is 34.1 Å². The minimum Gasteiger partial charge on any atom is -0.325 e. The summed E-state index contributed by atoms with van der Waals surface area (Å²) in [6, 6.07) is 7.95. The van der Waals surface area contributed by atoms with E-state index in [1.165, 1.54) is 12.8 Å². The first-order chi connectivity index (χ1) is 11.1. The topological polar surface area (TPSA) is 32.3 Å². The van der Waals surface area contributed by atoms with Crippen molar-refractivity contribution in [2.75, 3.05) is 24.2 Å². The van der Waals surface area contributed by atoms with Gasteiger partial charge in [0.05, 0.1) is 5.69 Å². The summed E-state index contributed by atoms with van der Waals surface area (Å²) in [4.78, 5) is 15.5. The molecule has 0 spiro atoms. The molecule has 1 atom stereocenters. The second-order valence-corrected chi connectivity index (χ2v) is 8.90. The Hall–Kier alpha value is -0.580. The molecule has 1 aromatic carbocycles. The van der Waals surface area contributed by atoms with Gasteiger partial charge in [-0.1, -0.05) is 25.0 Å². The molecular formula is C17H22Cl2N2OS. The molecule has 0 bridgehead atoms. The van der Waals surface area contributed by atoms with Gasteiger partial charge in [-0.2, -0.15) is 0 Å². The SMILES string of the molecule is O=C(Nc1ccccc1SCC1CC1(Cl)Cl)N1CCCCCC1. The Morgan fingerprint density at radius 2 is 1.87 bits per heavy atom. The molecule has 1 N–H and O–H groups in total. The molecule has 1 unspecified atom stereocenters. The van der Waals surface area contributed by atoms with Crippen molar-refractivity contribution in [1.82, 2.24) is 4.90 Å². The largest absolute Gasteiger partial charge is 0.325 e. The summed E-state index contributed by atoms with van der Waals surface area (Å²) in [5, 5.41) is 3.07. The van der Waals surface area contributed by atoms with Crippen LogP contribution < -0.4 is 5.32 Å². The van der Waals surface area contributed by atoms with Crippen LogP contribution >= 0.6 is 35.0 Å². The number of hydrogen-bond acceptors (Lipinski definition) is 2. The second kappa shape index (κ2) is 7.54. The zero-order valence-corrected chi connectivity index (χ0v) is 15.4. The van der Waals surface area contributed by atoms with E-state index in [0.717, 1.165) is 48.7 Å². The third-order valence-electron chi connectivity index (χ3n) is 4.42. The number of benzene rings is 1. The Kier molecular flexibility index (Phi) is 5.65. The number of thioether (sulfide) groups is 1. The molecule has 23 heavy (non-hydrogen) atoms. The van der Waals surface area contributed by atoms with Crippen molar-refractivity contribution >= 4 is 46.7 Å². The summed E-state index contributed by atoms with van der Waals surface area (Å²) < 4.78 is -0.544. The highest BCUT2D eigenvalue weighted by molar-refractivity contribution is 7.99. The molecule has 126 valence electrons. The monoisotopic (exact) mass is 372 g/mol. The normalized spacial score (nSPS) is 23.2. The van der Waals surface area contributed by atoms with Gasteiger partial charge in [-0.05, 0) is 31.4 Å². The molecule has 3 nitrogen and oxygen atoms in total. The quantitative estimate of drug-likeness (QED) is 0.568. The molecule has 3 rings (SSSR count). The Labute approximate surface area is 152 Å². The molecule has 1 aliphatic heterocycles. The lowest BCUT2D eigenvalue weighted by Crippen LogP contribution is -2.35. The molecule has 6 heteroatoms. The van der Waals surface area contributed by atoms with E-state index in [4.69, 9.17) is 23.2 Å². The lowest BCUT2D eigenvalue weighted by Gasteiger charge is -2.21. The van der Waals surface area contributed by atoms with Gasteiger partial charge >= 0.3 is 6.03 Å². The van der Waals surface area contributed by atoms with Gasteiger partial charge in [0.15, 0.2) is 0 Å². The number of alkyl halides is 2. The standard InChI is InChI=1S/C17H22Cl2N2OS/c18-17(19)11-13(17)12-23-15-8-4-3-7-14(15)20-16(22)21-9-5-1-2-6-10-21/h3-4,7-8,13H,1-2,5-6,9-12H2,(H,20,22). The number of para-hydroxylation sites is 1. The zero-order valence-electron chi connectivity index (χ0n) is 13.1. The number of likely N-dealkylation sites (tertiary alicyclic amines) is 1. The average Bonchev–Trinajstić information content (AvgIpc) is 3.22. The summed E-state index contributed by atoms with van der Waals surface area (Å²) in [5.74, 6) is 1.22. The zero-order chi connectivity index (χ0) is 16.3. The Balaban J connectivity index is 1.59. The van der Waals surface area contributed by atoms with Crippen molar-refractivity contribution in [3.8, 4) is 0 Å². The maximum absolute atomic E-state index is 12.5. The Bertz CT molecular complexity index is 559. The summed E-state index contributed by atoms with van der Waals surface area (Å²) in [6.07, 6.45) is 5.48. The average molecular weight is 373 g/mol. The molecule has 1 heterocycles. The number of anilines is 1. The van der Waals surface area contributed by atoms with Gasteiger partial charge in [-0.3, -0.25) is 0 Å². The fourth-order valence-electron chi connectivity index (χ4n) is 2.80. The molecule has 0 aromatic heterocycles. The van der Waals surface area contributed by atoms with Crippen LogP contribution in [0, 0.1) is 5.92 Å². The second-order valence-electron chi connectivity index (χ2n) is 6.30. The molecule has 1 saturated heterocycles. The minimum atomic E-state index is -0.544. The highest BCUT2D eigenvalue weighted by Gasteiger charge is 2.51. The molecule has 2 aliphatic rings. The first-order valence-electron chi connectivity index (χ1n) is 8.22. The fourth-order valence-corrected chi connectivity index (χ4v) is 4.75. The summed E-state index contributed by atoms with van der Waals surface area (Å²) in [7, 11) is 0. The van der Waals surface area contributed by atoms with Crippen LogP contribution in [0.25, 0.3) is 0 Å². The van der Waals surface area contributed by atoms with E-state index in [0.29, 0.717) is 5.92 Å². The summed E-state index contributed by atoms with van der Waals surface area (Å²) in [5.41, 5.74) is 0.877. The number of amides is 2. The lowest BCUT2D eigenvalue weighted by atomic mass is 10.2. The number of nitrogens with zero attached hydrogens (tertiary/aromatic N) is 1. The van der Waals surface area contributed by atoms with E-state index >= 15 is 0 Å². The summed E-state index contributed by atoms with van der Waals surface area (Å²) >= 11 is 13.9. The number of halogens is 2. The van der Waals surface area contributed by atoms with Crippen LogP contribution in [0.15, 0.2) is 29.2 Å². The van der Waals surface area contributed by atoms with Gasteiger partial charge in [-0.15, -0.1) is 35.0 Å². The van der Waals surface area contributed by atoms with Crippen molar-refractivity contribution < 1.29 is 4.79 Å². The number of carbonyl (C=O) groups is 1. The first kappa shape index (κ1) is 17.2. The fraction of sp³-hybridized carbons (Fsp3) is 0.588. The number of urea groups is 1. The molecule has 1 aromatic rings. The number of hydrogen-bond donors (Lipinski definition) is 1. The van der Waals surface area contributed by atoms with Crippen LogP contribution in [0.5, 0.6) is 0 Å². The van der Waals surface area contributed by atoms with Crippen LogP contribution in [0.3, 0.4) is 0 Å². The molecule has 2 amide bonds. The maximum Gasteiger partial charge on any atom is 0.321 e. The number of rotatable bonds is 4. The van der Waals surface area contributed by atoms with Crippen molar-refractivity contribution in [3.63, 3.8) is 0 Å². The minimum absolute atomic E-state index is 0.00963.